The van der Waals surface area contributed by atoms with Gasteiger partial charge in [0.05, 0.1) is 18.4 Å². The monoisotopic (exact) mass is 369 g/mol. The van der Waals surface area contributed by atoms with Gasteiger partial charge in [0, 0.05) is 16.3 Å². The molecule has 4 rings (SSSR count). The molecular formula is C20H16ClNO4. The van der Waals surface area contributed by atoms with Crippen LogP contribution >= 0.6 is 11.6 Å². The summed E-state index contributed by atoms with van der Waals surface area (Å²) in [6.07, 6.45) is 0. The molecule has 1 saturated carbocycles. The normalized spacial score (nSPS) is 25.5. The maximum Gasteiger partial charge on any atom is 0.311 e. The number of carbonyl (C=O) groups excluding carboxylic acids is 3. The second-order valence-electron chi connectivity index (χ2n) is 6.45. The Bertz CT molecular complexity index is 924. The molecule has 0 bridgehead atoms. The molecule has 3 atom stereocenters. The summed E-state index contributed by atoms with van der Waals surface area (Å²) in [5.41, 5.74) is 0.538. The van der Waals surface area contributed by atoms with E-state index in [1.807, 2.05) is 0 Å². The molecule has 2 aromatic rings. The molecule has 1 amide bonds. The predicted molar refractivity (Wildman–Crippen MR) is 96.1 cm³/mol. The summed E-state index contributed by atoms with van der Waals surface area (Å²) in [5.74, 6) is -2.72. The zero-order valence-corrected chi connectivity index (χ0v) is 14.7. The highest BCUT2D eigenvalue weighted by atomic mass is 35.5. The van der Waals surface area contributed by atoms with Crippen LogP contribution in [0.2, 0.25) is 5.02 Å². The third-order valence-corrected chi connectivity index (χ3v) is 5.41. The van der Waals surface area contributed by atoms with Gasteiger partial charge >= 0.3 is 5.97 Å². The molecule has 0 aromatic heterocycles. The number of ether oxygens (including phenoxy) is 1. The van der Waals surface area contributed by atoms with Crippen molar-refractivity contribution in [1.29, 1.82) is 0 Å². The van der Waals surface area contributed by atoms with E-state index < -0.39 is 23.2 Å². The third kappa shape index (κ3) is 2.20. The number of carbonyl (C=O) groups is 3. The molecule has 1 fully saturated rings. The Labute approximate surface area is 155 Å². The first kappa shape index (κ1) is 16.8. The lowest BCUT2D eigenvalue weighted by Gasteiger charge is -2.08. The molecular weight excluding hydrogens is 354 g/mol. The van der Waals surface area contributed by atoms with Crippen LogP contribution in [0.3, 0.4) is 0 Å². The van der Waals surface area contributed by atoms with Gasteiger partial charge in [-0.15, -0.1) is 0 Å². The number of fused-ring (bicyclic) bond motifs is 2. The van der Waals surface area contributed by atoms with Crippen molar-refractivity contribution < 1.29 is 19.1 Å². The molecule has 26 heavy (non-hydrogen) atoms. The van der Waals surface area contributed by atoms with E-state index in [-0.39, 0.29) is 18.3 Å². The lowest BCUT2D eigenvalue weighted by Crippen LogP contribution is -2.26. The van der Waals surface area contributed by atoms with E-state index in [4.69, 9.17) is 16.3 Å². The zero-order chi connectivity index (χ0) is 18.5. The molecule has 2 aliphatic rings. The second-order valence-corrected chi connectivity index (χ2v) is 6.88. The Kier molecular flexibility index (Phi) is 3.84. The topological polar surface area (TPSA) is 72.5 Å². The summed E-state index contributed by atoms with van der Waals surface area (Å²) in [4.78, 5) is 38.5. The summed E-state index contributed by atoms with van der Waals surface area (Å²) >= 11 is 5.89. The fourth-order valence-corrected chi connectivity index (χ4v) is 4.14. The fourth-order valence-electron chi connectivity index (χ4n) is 4.01. The van der Waals surface area contributed by atoms with Crippen molar-refractivity contribution in [3.8, 4) is 0 Å². The predicted octanol–water partition coefficient (Wildman–Crippen LogP) is 3.22. The largest absolute Gasteiger partial charge is 0.466 e. The fraction of sp³-hybridized carbons (Fsp3) is 0.250. The number of hydrogen-bond donors (Lipinski definition) is 1. The number of para-hydroxylation sites is 1. The quantitative estimate of drug-likeness (QED) is 0.663. The van der Waals surface area contributed by atoms with Crippen molar-refractivity contribution in [1.82, 2.24) is 0 Å². The molecule has 0 radical (unpaired) electrons. The lowest BCUT2D eigenvalue weighted by molar-refractivity contribution is -0.146. The minimum absolute atomic E-state index is 0.191. The highest BCUT2D eigenvalue weighted by Crippen LogP contribution is 2.65. The number of anilines is 1. The van der Waals surface area contributed by atoms with E-state index in [1.165, 1.54) is 0 Å². The molecule has 0 saturated heterocycles. The molecule has 2 aromatic carbocycles. The van der Waals surface area contributed by atoms with Gasteiger partial charge in [-0.05, 0) is 42.8 Å². The molecule has 6 heteroatoms. The Morgan fingerprint density at radius 1 is 1.12 bits per heavy atom. The SMILES string of the molecule is CCOC(=O)[C@H]1[C@H](C(=O)c2ccc(Cl)cc2)C12C(=O)Nc1ccccc12. The van der Waals surface area contributed by atoms with E-state index in [9.17, 15) is 14.4 Å². The number of ketones is 1. The Morgan fingerprint density at radius 2 is 1.81 bits per heavy atom. The molecule has 5 nitrogen and oxygen atoms in total. The summed E-state index contributed by atoms with van der Waals surface area (Å²) in [6.45, 7) is 1.89. The van der Waals surface area contributed by atoms with Gasteiger partial charge < -0.3 is 10.1 Å². The van der Waals surface area contributed by atoms with Crippen LogP contribution in [-0.2, 0) is 19.7 Å². The smallest absolute Gasteiger partial charge is 0.311 e. The van der Waals surface area contributed by atoms with Gasteiger partial charge in [-0.2, -0.15) is 0 Å². The van der Waals surface area contributed by atoms with Crippen molar-refractivity contribution in [3.63, 3.8) is 0 Å². The average Bonchev–Trinajstić information content (AvgIpc) is 3.25. The van der Waals surface area contributed by atoms with Crippen LogP contribution in [-0.4, -0.2) is 24.3 Å². The molecule has 1 N–H and O–H groups in total. The average molecular weight is 370 g/mol. The number of nitrogens with one attached hydrogen (secondary N) is 1. The van der Waals surface area contributed by atoms with Crippen LogP contribution in [0.4, 0.5) is 5.69 Å². The Balaban J connectivity index is 1.80. The third-order valence-electron chi connectivity index (χ3n) is 5.15. The number of esters is 1. The van der Waals surface area contributed by atoms with Crippen LogP contribution < -0.4 is 5.32 Å². The summed E-state index contributed by atoms with van der Waals surface area (Å²) < 4.78 is 5.16. The lowest BCUT2D eigenvalue weighted by atomic mass is 9.91. The van der Waals surface area contributed by atoms with E-state index in [0.29, 0.717) is 21.8 Å². The highest BCUT2D eigenvalue weighted by Gasteiger charge is 2.79. The standard InChI is InChI=1S/C20H16ClNO4/c1-2-26-18(24)16-15(17(23)11-7-9-12(21)10-8-11)20(16)13-5-3-4-6-14(13)22-19(20)25/h3-10,15-16H,2H2,1H3,(H,22,25)/t15-,16-,20?/m1/s1. The first-order chi connectivity index (χ1) is 12.5. The van der Waals surface area contributed by atoms with E-state index in [2.05, 4.69) is 5.32 Å². The van der Waals surface area contributed by atoms with E-state index in [1.54, 1.807) is 55.5 Å². The van der Waals surface area contributed by atoms with Crippen LogP contribution in [0.1, 0.15) is 22.8 Å². The zero-order valence-electron chi connectivity index (χ0n) is 14.0. The van der Waals surface area contributed by atoms with Gasteiger partial charge in [0.25, 0.3) is 0 Å². The summed E-state index contributed by atoms with van der Waals surface area (Å²) in [7, 11) is 0. The van der Waals surface area contributed by atoms with Crippen LogP contribution in [0.25, 0.3) is 0 Å². The van der Waals surface area contributed by atoms with Crippen LogP contribution in [0.5, 0.6) is 0 Å². The first-order valence-electron chi connectivity index (χ1n) is 8.39. The maximum absolute atomic E-state index is 13.1. The van der Waals surface area contributed by atoms with Crippen LogP contribution in [0.15, 0.2) is 48.5 Å². The molecule has 132 valence electrons. The molecule has 1 unspecified atom stereocenters. The van der Waals surface area contributed by atoms with Gasteiger partial charge in [0.15, 0.2) is 5.78 Å². The van der Waals surface area contributed by atoms with Crippen molar-refractivity contribution in [3.05, 3.63) is 64.7 Å². The Morgan fingerprint density at radius 3 is 2.50 bits per heavy atom. The number of Topliss-reactive ketones (excluding diaryl/α,β-unsaturated/α-hetero) is 1. The van der Waals surface area contributed by atoms with Crippen molar-refractivity contribution in [2.45, 2.75) is 12.3 Å². The number of amides is 1. The van der Waals surface area contributed by atoms with Gasteiger partial charge in [0.2, 0.25) is 5.91 Å². The van der Waals surface area contributed by atoms with E-state index in [0.717, 1.165) is 0 Å². The van der Waals surface area contributed by atoms with Crippen LogP contribution in [0, 0.1) is 11.8 Å². The highest BCUT2D eigenvalue weighted by molar-refractivity contribution is 6.30. The summed E-state index contributed by atoms with van der Waals surface area (Å²) in [6, 6.07) is 13.6. The maximum atomic E-state index is 13.1. The number of halogens is 1. The molecule has 1 aliphatic carbocycles. The Hall–Kier alpha value is -2.66. The van der Waals surface area contributed by atoms with Gasteiger partial charge in [-0.25, -0.2) is 0 Å². The second kappa shape index (κ2) is 5.95. The van der Waals surface area contributed by atoms with Gasteiger partial charge in [-0.1, -0.05) is 29.8 Å². The van der Waals surface area contributed by atoms with Crippen molar-refractivity contribution in [2.24, 2.45) is 11.8 Å². The van der Waals surface area contributed by atoms with Gasteiger partial charge in [-0.3, -0.25) is 14.4 Å². The minimum Gasteiger partial charge on any atom is -0.466 e. The molecule has 1 spiro atoms. The van der Waals surface area contributed by atoms with Gasteiger partial charge in [0.1, 0.15) is 5.41 Å². The van der Waals surface area contributed by atoms with E-state index >= 15 is 0 Å². The van der Waals surface area contributed by atoms with Crippen molar-refractivity contribution >= 4 is 34.9 Å². The van der Waals surface area contributed by atoms with Crippen molar-refractivity contribution in [2.75, 3.05) is 11.9 Å². The molecule has 1 aliphatic heterocycles. The first-order valence-corrected chi connectivity index (χ1v) is 8.77. The summed E-state index contributed by atoms with van der Waals surface area (Å²) in [5, 5.41) is 3.31. The minimum atomic E-state index is -1.19. The number of rotatable bonds is 4. The number of benzene rings is 2. The molecule has 1 heterocycles. The number of hydrogen-bond acceptors (Lipinski definition) is 4.